The largest absolute Gasteiger partial charge is 0.416 e. The van der Waals surface area contributed by atoms with Crippen LogP contribution in [-0.2, 0) is 16.3 Å². The van der Waals surface area contributed by atoms with E-state index in [9.17, 15) is 8.42 Å². The monoisotopic (exact) mass is 332 g/mol. The summed E-state index contributed by atoms with van der Waals surface area (Å²) in [6.07, 6.45) is 2.47. The maximum atomic E-state index is 11.4. The van der Waals surface area contributed by atoms with Crippen molar-refractivity contribution in [3.63, 3.8) is 0 Å². The molecular formula is C14H24N2O3S2. The van der Waals surface area contributed by atoms with E-state index in [2.05, 4.69) is 31.0 Å². The Morgan fingerprint density at radius 1 is 1.33 bits per heavy atom. The summed E-state index contributed by atoms with van der Waals surface area (Å²) in [7, 11) is -2.84. The summed E-state index contributed by atoms with van der Waals surface area (Å²) in [5.74, 6) is 3.53. The van der Waals surface area contributed by atoms with E-state index < -0.39 is 9.84 Å². The number of hydrogen-bond acceptors (Lipinski definition) is 6. The van der Waals surface area contributed by atoms with E-state index in [0.29, 0.717) is 41.5 Å². The zero-order valence-electron chi connectivity index (χ0n) is 12.9. The maximum Gasteiger partial charge on any atom is 0.276 e. The van der Waals surface area contributed by atoms with Crippen LogP contribution >= 0.6 is 11.8 Å². The van der Waals surface area contributed by atoms with Crippen LogP contribution in [0.15, 0.2) is 9.64 Å². The Labute approximate surface area is 131 Å². The van der Waals surface area contributed by atoms with E-state index in [1.807, 2.05) is 0 Å². The first-order chi connectivity index (χ1) is 9.84. The third-order valence-corrected chi connectivity index (χ3v) is 6.59. The maximum absolute atomic E-state index is 11.4. The molecule has 2 atom stereocenters. The second-order valence-corrected chi connectivity index (χ2v) is 9.68. The van der Waals surface area contributed by atoms with Crippen molar-refractivity contribution in [2.45, 2.75) is 45.3 Å². The molecule has 0 bridgehead atoms. The average molecular weight is 332 g/mol. The molecule has 1 aliphatic rings. The summed E-state index contributed by atoms with van der Waals surface area (Å²) < 4.78 is 28.5. The molecule has 2 heterocycles. The Bertz CT molecular complexity index is 554. The normalized spacial score (nSPS) is 22.8. The molecule has 1 fully saturated rings. The second kappa shape index (κ2) is 7.13. The number of sulfone groups is 1. The van der Waals surface area contributed by atoms with Gasteiger partial charge in [-0.25, -0.2) is 8.42 Å². The summed E-state index contributed by atoms with van der Waals surface area (Å²) in [6, 6.07) is 0. The first-order valence-electron chi connectivity index (χ1n) is 7.49. The smallest absolute Gasteiger partial charge is 0.276 e. The Balaban J connectivity index is 1.79. The van der Waals surface area contributed by atoms with Gasteiger partial charge in [-0.05, 0) is 30.6 Å². The van der Waals surface area contributed by atoms with Crippen molar-refractivity contribution < 1.29 is 12.8 Å². The van der Waals surface area contributed by atoms with Gasteiger partial charge in [0.2, 0.25) is 5.89 Å². The predicted molar refractivity (Wildman–Crippen MR) is 84.1 cm³/mol. The molecule has 1 aliphatic heterocycles. The molecule has 120 valence electrons. The van der Waals surface area contributed by atoms with Crippen LogP contribution < -0.4 is 0 Å². The van der Waals surface area contributed by atoms with Crippen LogP contribution in [0.25, 0.3) is 0 Å². The molecule has 5 nitrogen and oxygen atoms in total. The molecule has 2 rings (SSSR count). The molecule has 0 N–H and O–H groups in total. The highest BCUT2D eigenvalue weighted by atomic mass is 32.2. The minimum absolute atomic E-state index is 0.133. The zero-order valence-corrected chi connectivity index (χ0v) is 14.5. The lowest BCUT2D eigenvalue weighted by atomic mass is 10.0. The van der Waals surface area contributed by atoms with Gasteiger partial charge in [0.25, 0.3) is 5.22 Å². The molecule has 7 heteroatoms. The van der Waals surface area contributed by atoms with Gasteiger partial charge in [-0.15, -0.1) is 10.2 Å². The molecule has 1 saturated heterocycles. The average Bonchev–Trinajstić information content (AvgIpc) is 2.93. The minimum atomic E-state index is -2.84. The third-order valence-electron chi connectivity index (χ3n) is 3.60. The molecule has 1 aromatic rings. The highest BCUT2D eigenvalue weighted by Crippen LogP contribution is 2.25. The van der Waals surface area contributed by atoms with Crippen molar-refractivity contribution in [2.75, 3.05) is 17.3 Å². The van der Waals surface area contributed by atoms with Gasteiger partial charge >= 0.3 is 0 Å². The van der Waals surface area contributed by atoms with E-state index in [1.165, 1.54) is 6.42 Å². The summed E-state index contributed by atoms with van der Waals surface area (Å²) >= 11 is 1.59. The van der Waals surface area contributed by atoms with Crippen molar-refractivity contribution in [1.82, 2.24) is 10.2 Å². The van der Waals surface area contributed by atoms with Crippen molar-refractivity contribution in [1.29, 1.82) is 0 Å². The molecule has 1 aromatic heterocycles. The predicted octanol–water partition coefficient (Wildman–Crippen LogP) is 2.82. The zero-order chi connectivity index (χ0) is 15.5. The van der Waals surface area contributed by atoms with Crippen LogP contribution in [0.1, 0.15) is 39.5 Å². The van der Waals surface area contributed by atoms with Crippen LogP contribution in [0.4, 0.5) is 0 Å². The van der Waals surface area contributed by atoms with Crippen LogP contribution in [0.5, 0.6) is 0 Å². The summed E-state index contributed by atoms with van der Waals surface area (Å²) in [6.45, 7) is 6.68. The van der Waals surface area contributed by atoms with Crippen molar-refractivity contribution in [3.05, 3.63) is 5.89 Å². The van der Waals surface area contributed by atoms with Gasteiger partial charge in [0, 0.05) is 12.2 Å². The Kier molecular flexibility index (Phi) is 5.71. The van der Waals surface area contributed by atoms with Gasteiger partial charge in [0.1, 0.15) is 0 Å². The van der Waals surface area contributed by atoms with Crippen LogP contribution in [0.2, 0.25) is 0 Å². The first kappa shape index (κ1) is 16.8. The molecule has 0 aliphatic carbocycles. The highest BCUT2D eigenvalue weighted by molar-refractivity contribution is 7.99. The van der Waals surface area contributed by atoms with E-state index in [1.54, 1.807) is 11.8 Å². The van der Waals surface area contributed by atoms with Gasteiger partial charge < -0.3 is 4.42 Å². The fraction of sp³-hybridized carbons (Fsp3) is 0.857. The van der Waals surface area contributed by atoms with Gasteiger partial charge in [-0.2, -0.15) is 0 Å². The van der Waals surface area contributed by atoms with Crippen molar-refractivity contribution >= 4 is 21.6 Å². The topological polar surface area (TPSA) is 73.1 Å². The van der Waals surface area contributed by atoms with Crippen LogP contribution in [0.3, 0.4) is 0 Å². The standard InChI is InChI=1S/C14H24N2O3S2/c1-10(2)6-11(3)8-20-14-16-15-13(19-14)7-12-4-5-21(17,18)9-12/h10-12H,4-9H2,1-3H3/t11-,12-/m0/s1. The van der Waals surface area contributed by atoms with Gasteiger partial charge in [-0.3, -0.25) is 0 Å². The SMILES string of the molecule is CC(C)C[C@H](C)CSc1nnc(C[C@@H]2CCS(=O)(=O)C2)o1. The van der Waals surface area contributed by atoms with E-state index in [4.69, 9.17) is 4.42 Å². The first-order valence-corrected chi connectivity index (χ1v) is 10.3. The highest BCUT2D eigenvalue weighted by Gasteiger charge is 2.29. The summed E-state index contributed by atoms with van der Waals surface area (Å²) in [4.78, 5) is 0. The van der Waals surface area contributed by atoms with E-state index >= 15 is 0 Å². The third kappa shape index (κ3) is 5.62. The molecule has 0 saturated carbocycles. The van der Waals surface area contributed by atoms with E-state index in [0.717, 1.165) is 5.75 Å². The number of aromatic nitrogens is 2. The molecule has 0 unspecified atom stereocenters. The quantitative estimate of drug-likeness (QED) is 0.715. The van der Waals surface area contributed by atoms with Crippen LogP contribution in [-0.4, -0.2) is 35.9 Å². The number of rotatable bonds is 7. The lowest BCUT2D eigenvalue weighted by molar-refractivity contribution is 0.388. The number of nitrogens with zero attached hydrogens (tertiary/aromatic N) is 2. The molecule has 0 radical (unpaired) electrons. The lowest BCUT2D eigenvalue weighted by Crippen LogP contribution is -2.07. The van der Waals surface area contributed by atoms with E-state index in [-0.39, 0.29) is 11.7 Å². The minimum Gasteiger partial charge on any atom is -0.416 e. The summed E-state index contributed by atoms with van der Waals surface area (Å²) in [5.41, 5.74) is 0. The Morgan fingerprint density at radius 2 is 2.10 bits per heavy atom. The van der Waals surface area contributed by atoms with Gasteiger partial charge in [-0.1, -0.05) is 32.5 Å². The van der Waals surface area contributed by atoms with Gasteiger partial charge in [0.15, 0.2) is 9.84 Å². The summed E-state index contributed by atoms with van der Waals surface area (Å²) in [5, 5.41) is 8.68. The van der Waals surface area contributed by atoms with Crippen LogP contribution in [0, 0.1) is 17.8 Å². The number of thioether (sulfide) groups is 1. The fourth-order valence-electron chi connectivity index (χ4n) is 2.75. The molecule has 0 amide bonds. The molecule has 21 heavy (non-hydrogen) atoms. The van der Waals surface area contributed by atoms with Crippen molar-refractivity contribution in [3.8, 4) is 0 Å². The molecule has 0 spiro atoms. The number of hydrogen-bond donors (Lipinski definition) is 0. The van der Waals surface area contributed by atoms with Gasteiger partial charge in [0.05, 0.1) is 11.5 Å². The Morgan fingerprint density at radius 3 is 2.71 bits per heavy atom. The lowest BCUT2D eigenvalue weighted by Gasteiger charge is -2.11. The fourth-order valence-corrected chi connectivity index (χ4v) is 5.42. The van der Waals surface area contributed by atoms with Crippen molar-refractivity contribution in [2.24, 2.45) is 17.8 Å². The molecular weight excluding hydrogens is 308 g/mol. The Hall–Kier alpha value is -0.560. The molecule has 0 aromatic carbocycles. The second-order valence-electron chi connectivity index (χ2n) is 6.48.